The molecule has 0 aliphatic carbocycles. The van der Waals surface area contributed by atoms with Gasteiger partial charge in [-0.3, -0.25) is 0 Å². The summed E-state index contributed by atoms with van der Waals surface area (Å²) in [4.78, 5) is 0. The maximum atomic E-state index is 9.59. The monoisotopic (exact) mass is 258 g/mol. The zero-order valence-electron chi connectivity index (χ0n) is 11.5. The maximum Gasteiger partial charge on any atom is 0.134 e. The van der Waals surface area contributed by atoms with Crippen molar-refractivity contribution in [3.8, 4) is 23.7 Å². The Morgan fingerprint density at radius 2 is 1.95 bits per heavy atom. The van der Waals surface area contributed by atoms with Crippen LogP contribution in [0.25, 0.3) is 0 Å². The van der Waals surface area contributed by atoms with Crippen molar-refractivity contribution < 1.29 is 10.2 Å². The Bertz CT molecular complexity index is 410. The summed E-state index contributed by atoms with van der Waals surface area (Å²) in [6, 6.07) is 0. The van der Waals surface area contributed by atoms with Crippen molar-refractivity contribution in [2.75, 3.05) is 0 Å². The van der Waals surface area contributed by atoms with E-state index in [2.05, 4.69) is 37.2 Å². The first kappa shape index (κ1) is 17.3. The molecule has 0 aliphatic rings. The quantitative estimate of drug-likeness (QED) is 0.319. The minimum atomic E-state index is -0.823. The van der Waals surface area contributed by atoms with E-state index in [1.54, 1.807) is 24.3 Å². The summed E-state index contributed by atoms with van der Waals surface area (Å²) < 4.78 is 0. The van der Waals surface area contributed by atoms with Crippen LogP contribution in [-0.2, 0) is 0 Å². The molecule has 2 nitrogen and oxygen atoms in total. The molecule has 0 rings (SSSR count). The third kappa shape index (κ3) is 12.5. The van der Waals surface area contributed by atoms with Crippen molar-refractivity contribution >= 4 is 0 Å². The fourth-order valence-electron chi connectivity index (χ4n) is 1.24. The van der Waals surface area contributed by atoms with E-state index in [1.807, 2.05) is 0 Å². The first-order valence-corrected chi connectivity index (χ1v) is 6.53. The van der Waals surface area contributed by atoms with E-state index in [-0.39, 0.29) is 6.10 Å². The summed E-state index contributed by atoms with van der Waals surface area (Å²) >= 11 is 0. The van der Waals surface area contributed by atoms with Gasteiger partial charge in [0.15, 0.2) is 0 Å². The largest absolute Gasteiger partial charge is 0.389 e. The molecule has 0 aromatic rings. The van der Waals surface area contributed by atoms with E-state index >= 15 is 0 Å². The molecule has 0 bridgehead atoms. The lowest BCUT2D eigenvalue weighted by Crippen LogP contribution is -2.00. The molecule has 0 spiro atoms. The summed E-state index contributed by atoms with van der Waals surface area (Å²) in [7, 11) is 0. The molecular formula is C17H22O2. The second kappa shape index (κ2) is 12.7. The van der Waals surface area contributed by atoms with Gasteiger partial charge in [0.2, 0.25) is 0 Å². The van der Waals surface area contributed by atoms with Gasteiger partial charge in [-0.2, -0.15) is 0 Å². The molecule has 0 unspecified atom stereocenters. The minimum absolute atomic E-state index is 0.383. The first-order valence-electron chi connectivity index (χ1n) is 6.53. The van der Waals surface area contributed by atoms with Crippen LogP contribution < -0.4 is 0 Å². The minimum Gasteiger partial charge on any atom is -0.389 e. The summed E-state index contributed by atoms with van der Waals surface area (Å²) in [5.41, 5.74) is 0. The number of unbranched alkanes of at least 4 members (excludes halogenated alkanes) is 2. The topological polar surface area (TPSA) is 40.5 Å². The van der Waals surface area contributed by atoms with Crippen LogP contribution in [0.1, 0.15) is 32.6 Å². The van der Waals surface area contributed by atoms with E-state index in [0.717, 1.165) is 25.7 Å². The van der Waals surface area contributed by atoms with Crippen LogP contribution >= 0.6 is 0 Å². The fourth-order valence-corrected chi connectivity index (χ4v) is 1.24. The van der Waals surface area contributed by atoms with Gasteiger partial charge in [0.25, 0.3) is 0 Å². The Kier molecular flexibility index (Phi) is 11.5. The lowest BCUT2D eigenvalue weighted by molar-refractivity contribution is 0.208. The second-order valence-electron chi connectivity index (χ2n) is 4.03. The van der Waals surface area contributed by atoms with Crippen molar-refractivity contribution in [2.24, 2.45) is 0 Å². The number of hydrogen-bond donors (Lipinski definition) is 2. The molecule has 19 heavy (non-hydrogen) atoms. The highest BCUT2D eigenvalue weighted by atomic mass is 16.3. The predicted octanol–water partition coefficient (Wildman–Crippen LogP) is 2.59. The summed E-state index contributed by atoms with van der Waals surface area (Å²) in [6.07, 6.45) is 11.2. The first-order chi connectivity index (χ1) is 9.20. The molecule has 0 fully saturated rings. The van der Waals surface area contributed by atoms with Gasteiger partial charge in [0.05, 0.1) is 6.10 Å². The molecule has 0 radical (unpaired) electrons. The standard InChI is InChI=1S/C17H22O2/c1-3-5-10-14-17(19)15-12-9-7-6-8-11-13-16(18)4-2/h4,7,9,12,15-19H,2-3,5,10,14H2,1H3/b9-7+,15-12+/t16-,17+/m0/s1. The summed E-state index contributed by atoms with van der Waals surface area (Å²) in [5, 5.41) is 18.6. The van der Waals surface area contributed by atoms with Crippen LogP contribution in [0.3, 0.4) is 0 Å². The molecule has 0 aliphatic heterocycles. The second-order valence-corrected chi connectivity index (χ2v) is 4.03. The molecule has 0 heterocycles. The van der Waals surface area contributed by atoms with Gasteiger partial charge in [-0.05, 0) is 24.3 Å². The maximum absolute atomic E-state index is 9.59. The SMILES string of the molecule is C=C[C@H](O)C#CC#C/C=C/C=C/[C@H](O)CCCCC. The van der Waals surface area contributed by atoms with Crippen molar-refractivity contribution in [3.63, 3.8) is 0 Å². The fraction of sp³-hybridized carbons (Fsp3) is 0.412. The number of aliphatic hydroxyl groups is 2. The highest BCUT2D eigenvalue weighted by molar-refractivity contribution is 5.33. The molecule has 0 saturated carbocycles. The van der Waals surface area contributed by atoms with Crippen molar-refractivity contribution in [1.82, 2.24) is 0 Å². The van der Waals surface area contributed by atoms with E-state index in [0.29, 0.717) is 0 Å². The lowest BCUT2D eigenvalue weighted by Gasteiger charge is -2.02. The van der Waals surface area contributed by atoms with E-state index < -0.39 is 6.10 Å². The zero-order chi connectivity index (χ0) is 14.3. The predicted molar refractivity (Wildman–Crippen MR) is 80.2 cm³/mol. The van der Waals surface area contributed by atoms with Gasteiger partial charge >= 0.3 is 0 Å². The molecule has 0 saturated heterocycles. The molecule has 0 aromatic heterocycles. The summed E-state index contributed by atoms with van der Waals surface area (Å²) in [5.74, 6) is 10.3. The van der Waals surface area contributed by atoms with Gasteiger partial charge in [-0.25, -0.2) is 0 Å². The zero-order valence-corrected chi connectivity index (χ0v) is 11.5. The van der Waals surface area contributed by atoms with E-state index in [4.69, 9.17) is 5.11 Å². The smallest absolute Gasteiger partial charge is 0.134 e. The average molecular weight is 258 g/mol. The average Bonchev–Trinajstić information content (AvgIpc) is 2.41. The highest BCUT2D eigenvalue weighted by Gasteiger charge is 1.96. The van der Waals surface area contributed by atoms with Crippen molar-refractivity contribution in [2.45, 2.75) is 44.8 Å². The molecule has 2 heteroatoms. The molecule has 0 amide bonds. The van der Waals surface area contributed by atoms with Crippen LogP contribution in [0.4, 0.5) is 0 Å². The Labute approximate surface area is 116 Å². The van der Waals surface area contributed by atoms with Gasteiger partial charge in [0.1, 0.15) is 6.10 Å². The lowest BCUT2D eigenvalue weighted by atomic mass is 10.1. The molecular weight excluding hydrogens is 236 g/mol. The molecule has 102 valence electrons. The Morgan fingerprint density at radius 1 is 1.16 bits per heavy atom. The van der Waals surface area contributed by atoms with Crippen molar-refractivity contribution in [1.29, 1.82) is 0 Å². The number of aliphatic hydroxyl groups excluding tert-OH is 2. The Hall–Kier alpha value is -1.74. The molecule has 2 atom stereocenters. The summed E-state index contributed by atoms with van der Waals surface area (Å²) in [6.45, 7) is 5.54. The van der Waals surface area contributed by atoms with Crippen LogP contribution in [0.2, 0.25) is 0 Å². The van der Waals surface area contributed by atoms with Crippen LogP contribution in [0.15, 0.2) is 37.0 Å². The highest BCUT2D eigenvalue weighted by Crippen LogP contribution is 2.03. The van der Waals surface area contributed by atoms with Crippen LogP contribution in [0, 0.1) is 23.7 Å². The third-order valence-corrected chi connectivity index (χ3v) is 2.31. The molecule has 2 N–H and O–H groups in total. The van der Waals surface area contributed by atoms with E-state index in [9.17, 15) is 5.11 Å². The Balaban J connectivity index is 3.91. The Morgan fingerprint density at radius 3 is 2.63 bits per heavy atom. The van der Waals surface area contributed by atoms with Crippen molar-refractivity contribution in [3.05, 3.63) is 37.0 Å². The van der Waals surface area contributed by atoms with Crippen LogP contribution in [-0.4, -0.2) is 22.4 Å². The van der Waals surface area contributed by atoms with Crippen LogP contribution in [0.5, 0.6) is 0 Å². The third-order valence-electron chi connectivity index (χ3n) is 2.31. The number of rotatable bonds is 7. The molecule has 0 aromatic carbocycles. The van der Waals surface area contributed by atoms with Gasteiger partial charge in [-0.1, -0.05) is 68.9 Å². The number of hydrogen-bond acceptors (Lipinski definition) is 2. The van der Waals surface area contributed by atoms with Gasteiger partial charge < -0.3 is 10.2 Å². The van der Waals surface area contributed by atoms with E-state index in [1.165, 1.54) is 6.08 Å². The van der Waals surface area contributed by atoms with Gasteiger partial charge in [-0.15, -0.1) is 0 Å². The normalized spacial score (nSPS) is 13.4. The number of allylic oxidation sites excluding steroid dienone is 3. The van der Waals surface area contributed by atoms with Gasteiger partial charge in [0, 0.05) is 0 Å².